The third-order valence-corrected chi connectivity index (χ3v) is 3.51. The van der Waals surface area contributed by atoms with E-state index >= 15 is 0 Å². The molecule has 1 amide bonds. The first-order valence-corrected chi connectivity index (χ1v) is 8.22. The Balaban J connectivity index is 2.93. The molecule has 0 aliphatic carbocycles. The standard InChI is InChI=1S/C16H22BrNO5/c1-5-7-22-14-12(17)8-11(9-13(14)21-4)16(20)23-10(3)15(19)18-6-2/h8-10H,5-7H2,1-4H3,(H,18,19)/t10-/m1/s1. The smallest absolute Gasteiger partial charge is 0.339 e. The zero-order valence-electron chi connectivity index (χ0n) is 13.8. The van der Waals surface area contributed by atoms with Gasteiger partial charge in [0.25, 0.3) is 5.91 Å². The van der Waals surface area contributed by atoms with Gasteiger partial charge in [0.05, 0.1) is 23.8 Å². The first kappa shape index (κ1) is 19.3. The van der Waals surface area contributed by atoms with E-state index in [1.807, 2.05) is 6.92 Å². The molecule has 0 spiro atoms. The van der Waals surface area contributed by atoms with Crippen molar-refractivity contribution in [2.45, 2.75) is 33.3 Å². The third kappa shape index (κ3) is 5.42. The van der Waals surface area contributed by atoms with Crippen LogP contribution in [0.25, 0.3) is 0 Å². The fraction of sp³-hybridized carbons (Fsp3) is 0.500. The number of likely N-dealkylation sites (N-methyl/N-ethyl adjacent to an activating group) is 1. The first-order valence-electron chi connectivity index (χ1n) is 7.43. The number of halogens is 1. The van der Waals surface area contributed by atoms with Crippen LogP contribution in [0, 0.1) is 0 Å². The quantitative estimate of drug-likeness (QED) is 0.694. The maximum absolute atomic E-state index is 12.2. The molecule has 0 aliphatic rings. The van der Waals surface area contributed by atoms with E-state index in [1.165, 1.54) is 20.1 Å². The number of carbonyl (C=O) groups is 2. The van der Waals surface area contributed by atoms with Crippen molar-refractivity contribution in [3.63, 3.8) is 0 Å². The molecule has 0 saturated heterocycles. The van der Waals surface area contributed by atoms with E-state index in [4.69, 9.17) is 14.2 Å². The second-order valence-corrected chi connectivity index (χ2v) is 5.63. The summed E-state index contributed by atoms with van der Waals surface area (Å²) in [6.45, 7) is 6.32. The molecule has 6 nitrogen and oxygen atoms in total. The summed E-state index contributed by atoms with van der Waals surface area (Å²) in [5.74, 6) is 0.00712. The van der Waals surface area contributed by atoms with Crippen molar-refractivity contribution in [2.75, 3.05) is 20.3 Å². The Bertz CT molecular complexity index is 562. The SMILES string of the molecule is CCCOc1c(Br)cc(C(=O)O[C@H](C)C(=O)NCC)cc1OC. The maximum atomic E-state index is 12.2. The number of rotatable bonds is 8. The minimum atomic E-state index is -0.872. The Morgan fingerprint density at radius 1 is 1.30 bits per heavy atom. The lowest BCUT2D eigenvalue weighted by Gasteiger charge is -2.15. The molecular weight excluding hydrogens is 366 g/mol. The van der Waals surface area contributed by atoms with Crippen LogP contribution < -0.4 is 14.8 Å². The lowest BCUT2D eigenvalue weighted by molar-refractivity contribution is -0.128. The number of ether oxygens (including phenoxy) is 3. The van der Waals surface area contributed by atoms with Gasteiger partial charge in [0.1, 0.15) is 0 Å². The maximum Gasteiger partial charge on any atom is 0.339 e. The third-order valence-electron chi connectivity index (χ3n) is 2.92. The molecule has 0 saturated carbocycles. The second-order valence-electron chi connectivity index (χ2n) is 4.78. The molecule has 0 aromatic heterocycles. The molecule has 1 aromatic carbocycles. The van der Waals surface area contributed by atoms with Crippen molar-refractivity contribution in [3.8, 4) is 11.5 Å². The van der Waals surface area contributed by atoms with Gasteiger partial charge in [0, 0.05) is 6.54 Å². The molecule has 0 aliphatic heterocycles. The number of nitrogens with one attached hydrogen (secondary N) is 1. The normalized spacial score (nSPS) is 11.5. The summed E-state index contributed by atoms with van der Waals surface area (Å²) >= 11 is 3.37. The number of hydrogen-bond acceptors (Lipinski definition) is 5. The summed E-state index contributed by atoms with van der Waals surface area (Å²) in [5, 5.41) is 2.60. The molecular formula is C16H22BrNO5. The lowest BCUT2D eigenvalue weighted by atomic mass is 10.2. The number of methoxy groups -OCH3 is 1. The van der Waals surface area contributed by atoms with Crippen LogP contribution in [0.15, 0.2) is 16.6 Å². The first-order chi connectivity index (χ1) is 10.9. The van der Waals surface area contributed by atoms with E-state index in [1.54, 1.807) is 13.0 Å². The molecule has 23 heavy (non-hydrogen) atoms. The van der Waals surface area contributed by atoms with Crippen LogP contribution in [-0.4, -0.2) is 38.2 Å². The highest BCUT2D eigenvalue weighted by molar-refractivity contribution is 9.10. The van der Waals surface area contributed by atoms with Crippen molar-refractivity contribution in [1.29, 1.82) is 0 Å². The van der Waals surface area contributed by atoms with Crippen molar-refractivity contribution < 1.29 is 23.8 Å². The molecule has 0 radical (unpaired) electrons. The number of esters is 1. The molecule has 1 atom stereocenters. The molecule has 1 N–H and O–H groups in total. The van der Waals surface area contributed by atoms with E-state index < -0.39 is 12.1 Å². The predicted octanol–water partition coefficient (Wildman–Crippen LogP) is 2.93. The fourth-order valence-electron chi connectivity index (χ4n) is 1.78. The van der Waals surface area contributed by atoms with Gasteiger partial charge < -0.3 is 19.5 Å². The van der Waals surface area contributed by atoms with Crippen LogP contribution in [0.2, 0.25) is 0 Å². The van der Waals surface area contributed by atoms with Crippen molar-refractivity contribution in [1.82, 2.24) is 5.32 Å². The molecule has 0 heterocycles. The highest BCUT2D eigenvalue weighted by atomic mass is 79.9. The van der Waals surface area contributed by atoms with Crippen LogP contribution in [0.5, 0.6) is 11.5 Å². The van der Waals surface area contributed by atoms with Gasteiger partial charge in [0.15, 0.2) is 17.6 Å². The van der Waals surface area contributed by atoms with Crippen LogP contribution in [0.1, 0.15) is 37.6 Å². The van der Waals surface area contributed by atoms with E-state index in [2.05, 4.69) is 21.2 Å². The minimum absolute atomic E-state index is 0.272. The zero-order chi connectivity index (χ0) is 17.4. The number of amides is 1. The highest BCUT2D eigenvalue weighted by Crippen LogP contribution is 2.37. The highest BCUT2D eigenvalue weighted by Gasteiger charge is 2.21. The second kappa shape index (κ2) is 9.39. The molecule has 1 aromatic rings. The molecule has 0 fully saturated rings. The topological polar surface area (TPSA) is 73.9 Å². The van der Waals surface area contributed by atoms with Crippen molar-refractivity contribution in [2.24, 2.45) is 0 Å². The van der Waals surface area contributed by atoms with E-state index in [0.29, 0.717) is 29.1 Å². The molecule has 7 heteroatoms. The number of benzene rings is 1. The van der Waals surface area contributed by atoms with Crippen molar-refractivity contribution >= 4 is 27.8 Å². The Morgan fingerprint density at radius 3 is 2.57 bits per heavy atom. The van der Waals surface area contributed by atoms with Gasteiger partial charge in [-0.15, -0.1) is 0 Å². The summed E-state index contributed by atoms with van der Waals surface area (Å²) in [7, 11) is 1.49. The minimum Gasteiger partial charge on any atom is -0.493 e. The summed E-state index contributed by atoms with van der Waals surface area (Å²) in [5.41, 5.74) is 0.272. The Kier molecular flexibility index (Phi) is 7.88. The van der Waals surface area contributed by atoms with Crippen LogP contribution in [0.3, 0.4) is 0 Å². The average Bonchev–Trinajstić information content (AvgIpc) is 2.53. The summed E-state index contributed by atoms with van der Waals surface area (Å²) in [4.78, 5) is 23.8. The predicted molar refractivity (Wildman–Crippen MR) is 90.0 cm³/mol. The van der Waals surface area contributed by atoms with Gasteiger partial charge in [-0.05, 0) is 48.3 Å². The Hall–Kier alpha value is -1.76. The van der Waals surface area contributed by atoms with Gasteiger partial charge in [0.2, 0.25) is 0 Å². The summed E-state index contributed by atoms with van der Waals surface area (Å²) < 4.78 is 16.6. The Morgan fingerprint density at radius 2 is 2.00 bits per heavy atom. The molecule has 0 bridgehead atoms. The van der Waals surface area contributed by atoms with Gasteiger partial charge in [-0.2, -0.15) is 0 Å². The van der Waals surface area contributed by atoms with Crippen LogP contribution in [0.4, 0.5) is 0 Å². The number of hydrogen-bond donors (Lipinski definition) is 1. The summed E-state index contributed by atoms with van der Waals surface area (Å²) in [6, 6.07) is 3.11. The van der Waals surface area contributed by atoms with E-state index in [0.717, 1.165) is 6.42 Å². The molecule has 0 unspecified atom stereocenters. The van der Waals surface area contributed by atoms with Gasteiger partial charge in [-0.3, -0.25) is 4.79 Å². The zero-order valence-corrected chi connectivity index (χ0v) is 15.4. The van der Waals surface area contributed by atoms with Crippen molar-refractivity contribution in [3.05, 3.63) is 22.2 Å². The Labute approximate surface area is 144 Å². The fourth-order valence-corrected chi connectivity index (χ4v) is 2.34. The van der Waals surface area contributed by atoms with Gasteiger partial charge >= 0.3 is 5.97 Å². The largest absolute Gasteiger partial charge is 0.493 e. The van der Waals surface area contributed by atoms with Crippen LogP contribution in [-0.2, 0) is 9.53 Å². The lowest BCUT2D eigenvalue weighted by Crippen LogP contribution is -2.35. The van der Waals surface area contributed by atoms with E-state index in [9.17, 15) is 9.59 Å². The van der Waals surface area contributed by atoms with E-state index in [-0.39, 0.29) is 11.5 Å². The van der Waals surface area contributed by atoms with Gasteiger partial charge in [-0.25, -0.2) is 4.79 Å². The molecule has 1 rings (SSSR count). The summed E-state index contributed by atoms with van der Waals surface area (Å²) in [6.07, 6.45) is -0.0214. The van der Waals surface area contributed by atoms with Gasteiger partial charge in [-0.1, -0.05) is 6.92 Å². The number of carbonyl (C=O) groups excluding carboxylic acids is 2. The average molecular weight is 388 g/mol. The van der Waals surface area contributed by atoms with Crippen LogP contribution >= 0.6 is 15.9 Å². The molecule has 128 valence electrons. The monoisotopic (exact) mass is 387 g/mol.